The first-order chi connectivity index (χ1) is 9.36. The van der Waals surface area contributed by atoms with Gasteiger partial charge in [0.1, 0.15) is 5.82 Å². The summed E-state index contributed by atoms with van der Waals surface area (Å²) >= 11 is 0. The normalized spacial score (nSPS) is 17.0. The third-order valence-electron chi connectivity index (χ3n) is 2.96. The van der Waals surface area contributed by atoms with Gasteiger partial charge in [0.25, 0.3) is 10.2 Å². The lowest BCUT2D eigenvalue weighted by Gasteiger charge is -2.32. The summed E-state index contributed by atoms with van der Waals surface area (Å²) in [6, 6.07) is 5.15. The van der Waals surface area contributed by atoms with Crippen LogP contribution in [0, 0.1) is 5.82 Å². The average Bonchev–Trinajstić information content (AvgIpc) is 2.38. The second kappa shape index (κ2) is 5.73. The molecule has 1 aliphatic heterocycles. The zero-order chi connectivity index (χ0) is 14.8. The van der Waals surface area contributed by atoms with Crippen molar-refractivity contribution in [2.75, 3.05) is 31.5 Å². The second-order valence-electron chi connectivity index (χ2n) is 4.37. The van der Waals surface area contributed by atoms with Gasteiger partial charge in [0.15, 0.2) is 0 Å². The van der Waals surface area contributed by atoms with Gasteiger partial charge in [0.05, 0.1) is 0 Å². The number of urea groups is 1. The molecule has 0 unspecified atom stereocenters. The van der Waals surface area contributed by atoms with Crippen LogP contribution in [0.3, 0.4) is 0 Å². The Labute approximate surface area is 116 Å². The molecule has 1 heterocycles. The Hall–Kier alpha value is -1.71. The highest BCUT2D eigenvalue weighted by atomic mass is 32.2. The number of nitrogens with one attached hydrogen (secondary N) is 1. The van der Waals surface area contributed by atoms with Crippen molar-refractivity contribution in [1.82, 2.24) is 9.21 Å². The van der Waals surface area contributed by atoms with E-state index in [2.05, 4.69) is 5.32 Å². The molecule has 0 aromatic heterocycles. The van der Waals surface area contributed by atoms with Crippen LogP contribution in [0.4, 0.5) is 14.9 Å². The topological polar surface area (TPSA) is 95.7 Å². The zero-order valence-corrected chi connectivity index (χ0v) is 11.4. The van der Waals surface area contributed by atoms with Crippen LogP contribution >= 0.6 is 0 Å². The van der Waals surface area contributed by atoms with Crippen molar-refractivity contribution >= 4 is 21.9 Å². The highest BCUT2D eigenvalue weighted by molar-refractivity contribution is 7.86. The van der Waals surface area contributed by atoms with E-state index in [0.29, 0.717) is 5.69 Å². The van der Waals surface area contributed by atoms with E-state index in [1.807, 2.05) is 0 Å². The fourth-order valence-electron chi connectivity index (χ4n) is 1.91. The smallest absolute Gasteiger partial charge is 0.321 e. The van der Waals surface area contributed by atoms with Crippen LogP contribution < -0.4 is 10.5 Å². The largest absolute Gasteiger partial charge is 0.322 e. The summed E-state index contributed by atoms with van der Waals surface area (Å²) < 4.78 is 36.4. The Balaban J connectivity index is 1.92. The number of hydrogen-bond acceptors (Lipinski definition) is 3. The van der Waals surface area contributed by atoms with E-state index in [1.165, 1.54) is 23.1 Å². The number of carbonyl (C=O) groups excluding carboxylic acids is 1. The Kier molecular flexibility index (Phi) is 4.21. The number of nitrogens with two attached hydrogens (primary N) is 1. The van der Waals surface area contributed by atoms with Gasteiger partial charge in [-0.2, -0.15) is 12.7 Å². The molecule has 1 saturated heterocycles. The van der Waals surface area contributed by atoms with Gasteiger partial charge >= 0.3 is 6.03 Å². The van der Waals surface area contributed by atoms with Gasteiger partial charge in [-0.15, -0.1) is 0 Å². The minimum atomic E-state index is -3.71. The number of halogens is 1. The van der Waals surface area contributed by atoms with Crippen LogP contribution in [0.15, 0.2) is 24.3 Å². The van der Waals surface area contributed by atoms with Crippen molar-refractivity contribution in [3.63, 3.8) is 0 Å². The maximum Gasteiger partial charge on any atom is 0.321 e. The van der Waals surface area contributed by atoms with E-state index < -0.39 is 22.1 Å². The summed E-state index contributed by atoms with van der Waals surface area (Å²) in [6.07, 6.45) is 0. The molecule has 3 N–H and O–H groups in total. The molecular formula is C11H15FN4O3S. The van der Waals surface area contributed by atoms with Crippen LogP contribution in [0.2, 0.25) is 0 Å². The van der Waals surface area contributed by atoms with E-state index in [-0.39, 0.29) is 26.2 Å². The van der Waals surface area contributed by atoms with Crippen molar-refractivity contribution in [1.29, 1.82) is 0 Å². The van der Waals surface area contributed by atoms with E-state index >= 15 is 0 Å². The molecule has 110 valence electrons. The minimum absolute atomic E-state index is 0.148. The third kappa shape index (κ3) is 3.65. The van der Waals surface area contributed by atoms with Gasteiger partial charge in [-0.25, -0.2) is 14.3 Å². The summed E-state index contributed by atoms with van der Waals surface area (Å²) in [6.45, 7) is 0.764. The number of carbonyl (C=O) groups is 1. The Morgan fingerprint density at radius 1 is 1.25 bits per heavy atom. The van der Waals surface area contributed by atoms with Crippen LogP contribution in [0.5, 0.6) is 0 Å². The van der Waals surface area contributed by atoms with Crippen LogP contribution in [-0.4, -0.2) is 49.8 Å². The SMILES string of the molecule is NS(=O)(=O)N1CCN(C(=O)Nc2cccc(F)c2)CC1. The molecule has 0 spiro atoms. The molecule has 9 heteroatoms. The van der Waals surface area contributed by atoms with Crippen LogP contribution in [0.1, 0.15) is 0 Å². The molecule has 0 bridgehead atoms. The summed E-state index contributed by atoms with van der Waals surface area (Å²) in [5.74, 6) is -0.443. The van der Waals surface area contributed by atoms with Crippen LogP contribution in [0.25, 0.3) is 0 Å². The quantitative estimate of drug-likeness (QED) is 0.815. The molecule has 7 nitrogen and oxygen atoms in total. The first-order valence-corrected chi connectivity index (χ1v) is 7.46. The monoisotopic (exact) mass is 302 g/mol. The second-order valence-corrected chi connectivity index (χ2v) is 5.92. The minimum Gasteiger partial charge on any atom is -0.322 e. The lowest BCUT2D eigenvalue weighted by molar-refractivity contribution is 0.184. The van der Waals surface area contributed by atoms with Crippen molar-refractivity contribution < 1.29 is 17.6 Å². The Bertz CT molecular complexity index is 599. The maximum absolute atomic E-state index is 13.0. The highest BCUT2D eigenvalue weighted by Crippen LogP contribution is 2.11. The predicted octanol–water partition coefficient (Wildman–Crippen LogP) is 0.179. The van der Waals surface area contributed by atoms with Crippen molar-refractivity contribution in [3.8, 4) is 0 Å². The van der Waals surface area contributed by atoms with Gasteiger partial charge in [0.2, 0.25) is 0 Å². The van der Waals surface area contributed by atoms with Crippen LogP contribution in [-0.2, 0) is 10.2 Å². The fourth-order valence-corrected chi connectivity index (χ4v) is 2.59. The van der Waals surface area contributed by atoms with Gasteiger partial charge in [0, 0.05) is 31.9 Å². The average molecular weight is 302 g/mol. The van der Waals surface area contributed by atoms with Crippen molar-refractivity contribution in [2.45, 2.75) is 0 Å². The lowest BCUT2D eigenvalue weighted by Crippen LogP contribution is -2.53. The maximum atomic E-state index is 13.0. The van der Waals surface area contributed by atoms with E-state index in [4.69, 9.17) is 5.14 Å². The standard InChI is InChI=1S/C11H15FN4O3S/c12-9-2-1-3-10(8-9)14-11(17)15-4-6-16(7-5-15)20(13,18)19/h1-3,8H,4-7H2,(H,14,17)(H2,13,18,19). The number of piperazine rings is 1. The molecule has 1 fully saturated rings. The van der Waals surface area contributed by atoms with Crippen molar-refractivity contribution in [2.24, 2.45) is 5.14 Å². The van der Waals surface area contributed by atoms with Crippen molar-refractivity contribution in [3.05, 3.63) is 30.1 Å². The van der Waals surface area contributed by atoms with Gasteiger partial charge in [-0.05, 0) is 18.2 Å². The molecule has 1 aromatic rings. The summed E-state index contributed by atoms with van der Waals surface area (Å²) in [5, 5.41) is 7.56. The number of amides is 2. The molecule has 2 amide bonds. The van der Waals surface area contributed by atoms with E-state index in [0.717, 1.165) is 4.31 Å². The number of anilines is 1. The molecule has 1 aromatic carbocycles. The summed E-state index contributed by atoms with van der Waals surface area (Å²) in [4.78, 5) is 13.4. The Morgan fingerprint density at radius 3 is 2.45 bits per heavy atom. The molecule has 0 aliphatic carbocycles. The highest BCUT2D eigenvalue weighted by Gasteiger charge is 2.26. The molecule has 20 heavy (non-hydrogen) atoms. The van der Waals surface area contributed by atoms with E-state index in [1.54, 1.807) is 6.07 Å². The fraction of sp³-hybridized carbons (Fsp3) is 0.364. The molecule has 1 aliphatic rings. The van der Waals surface area contributed by atoms with E-state index in [9.17, 15) is 17.6 Å². The third-order valence-corrected chi connectivity index (χ3v) is 4.05. The molecule has 0 atom stereocenters. The summed E-state index contributed by atoms with van der Waals surface area (Å²) in [5.41, 5.74) is 0.351. The number of rotatable bonds is 2. The first kappa shape index (κ1) is 14.7. The molecule has 0 radical (unpaired) electrons. The molecule has 0 saturated carbocycles. The first-order valence-electron chi connectivity index (χ1n) is 5.95. The molecular weight excluding hydrogens is 287 g/mol. The van der Waals surface area contributed by atoms with Gasteiger partial charge in [-0.3, -0.25) is 0 Å². The van der Waals surface area contributed by atoms with Gasteiger partial charge < -0.3 is 10.2 Å². The Morgan fingerprint density at radius 2 is 1.90 bits per heavy atom. The number of hydrogen-bond donors (Lipinski definition) is 2. The predicted molar refractivity (Wildman–Crippen MR) is 71.7 cm³/mol. The molecule has 2 rings (SSSR count). The number of nitrogens with zero attached hydrogens (tertiary/aromatic N) is 2. The van der Waals surface area contributed by atoms with Gasteiger partial charge in [-0.1, -0.05) is 6.07 Å². The summed E-state index contributed by atoms with van der Waals surface area (Å²) in [7, 11) is -3.71. The zero-order valence-electron chi connectivity index (χ0n) is 10.6. The lowest BCUT2D eigenvalue weighted by atomic mass is 10.3. The number of benzene rings is 1.